The molecule has 0 aromatic heterocycles. The molecule has 1 aliphatic rings. The van der Waals surface area contributed by atoms with E-state index in [9.17, 15) is 23.1 Å². The number of rotatable bonds is 2. The first-order chi connectivity index (χ1) is 9.89. The van der Waals surface area contributed by atoms with E-state index in [1.54, 1.807) is 0 Å². The maximum Gasteiger partial charge on any atom is 0.417 e. The van der Waals surface area contributed by atoms with Crippen LogP contribution in [0.25, 0.3) is 0 Å². The molecule has 3 nitrogen and oxygen atoms in total. The lowest BCUT2D eigenvalue weighted by atomic mass is 10.0. The van der Waals surface area contributed by atoms with Gasteiger partial charge in [-0.3, -0.25) is 4.79 Å². The van der Waals surface area contributed by atoms with Crippen LogP contribution in [0.15, 0.2) is 24.3 Å². The number of halogens is 3. The van der Waals surface area contributed by atoms with Crippen LogP contribution < -0.4 is 5.32 Å². The molecule has 0 spiro atoms. The minimum Gasteiger partial charge on any atom is -0.391 e. The van der Waals surface area contributed by atoms with Gasteiger partial charge in [0.2, 0.25) is 0 Å². The fourth-order valence-corrected chi connectivity index (χ4v) is 2.63. The zero-order valence-electron chi connectivity index (χ0n) is 11.5. The highest BCUT2D eigenvalue weighted by Gasteiger charge is 2.35. The van der Waals surface area contributed by atoms with Crippen molar-refractivity contribution in [2.24, 2.45) is 0 Å². The number of aliphatic hydroxyl groups is 1. The molecule has 1 aliphatic carbocycles. The maximum atomic E-state index is 12.9. The Morgan fingerprint density at radius 3 is 2.52 bits per heavy atom. The lowest BCUT2D eigenvalue weighted by molar-refractivity contribution is -0.137. The standard InChI is InChI=1S/C15H18F3NO2/c16-15(17,18)11-7-5-4-6-10(11)14(21)19-12-8-2-1-3-9-13(12)20/h4-7,12-13,20H,1-3,8-9H2,(H,19,21). The highest BCUT2D eigenvalue weighted by Crippen LogP contribution is 2.32. The molecule has 116 valence electrons. The predicted octanol–water partition coefficient (Wildman–Crippen LogP) is 3.13. The Morgan fingerprint density at radius 1 is 1.14 bits per heavy atom. The Balaban J connectivity index is 2.17. The van der Waals surface area contributed by atoms with Gasteiger partial charge in [-0.25, -0.2) is 0 Å². The molecule has 0 aliphatic heterocycles. The number of carbonyl (C=O) groups excluding carboxylic acids is 1. The number of hydrogen-bond acceptors (Lipinski definition) is 2. The summed E-state index contributed by atoms with van der Waals surface area (Å²) in [5, 5.41) is 12.5. The number of alkyl halides is 3. The summed E-state index contributed by atoms with van der Waals surface area (Å²) in [4.78, 5) is 12.1. The molecule has 21 heavy (non-hydrogen) atoms. The smallest absolute Gasteiger partial charge is 0.391 e. The Morgan fingerprint density at radius 2 is 1.81 bits per heavy atom. The van der Waals surface area contributed by atoms with Crippen LogP contribution in [0.1, 0.15) is 48.0 Å². The SMILES string of the molecule is O=C(NC1CCCCCC1O)c1ccccc1C(F)(F)F. The first kappa shape index (κ1) is 15.8. The Kier molecular flexibility index (Phi) is 4.88. The number of aliphatic hydroxyl groups excluding tert-OH is 1. The third-order valence-corrected chi connectivity index (χ3v) is 3.77. The van der Waals surface area contributed by atoms with Crippen LogP contribution in [0, 0.1) is 0 Å². The van der Waals surface area contributed by atoms with Gasteiger partial charge in [0.1, 0.15) is 0 Å². The van der Waals surface area contributed by atoms with Crippen LogP contribution in [0.3, 0.4) is 0 Å². The summed E-state index contributed by atoms with van der Waals surface area (Å²) in [5.41, 5.74) is -1.35. The second kappa shape index (κ2) is 6.47. The first-order valence-corrected chi connectivity index (χ1v) is 7.05. The molecule has 6 heteroatoms. The summed E-state index contributed by atoms with van der Waals surface area (Å²) in [5.74, 6) is -0.783. The molecule has 2 N–H and O–H groups in total. The van der Waals surface area contributed by atoms with Crippen LogP contribution in [-0.2, 0) is 6.18 Å². The van der Waals surface area contributed by atoms with Gasteiger partial charge < -0.3 is 10.4 Å². The van der Waals surface area contributed by atoms with Gasteiger partial charge in [-0.2, -0.15) is 13.2 Å². The third-order valence-electron chi connectivity index (χ3n) is 3.77. The van der Waals surface area contributed by atoms with Crippen LogP contribution in [0.5, 0.6) is 0 Å². The van der Waals surface area contributed by atoms with Gasteiger partial charge in [0.15, 0.2) is 0 Å². The molecule has 1 saturated carbocycles. The van der Waals surface area contributed by atoms with Crippen LogP contribution >= 0.6 is 0 Å². The molecule has 0 bridgehead atoms. The van der Waals surface area contributed by atoms with Crippen molar-refractivity contribution in [1.82, 2.24) is 5.32 Å². The molecule has 2 rings (SSSR count). The molecule has 0 saturated heterocycles. The third kappa shape index (κ3) is 3.97. The number of hydrogen-bond donors (Lipinski definition) is 2. The van der Waals surface area contributed by atoms with E-state index >= 15 is 0 Å². The van der Waals surface area contributed by atoms with Gasteiger partial charge in [-0.15, -0.1) is 0 Å². The van der Waals surface area contributed by atoms with E-state index in [1.807, 2.05) is 0 Å². The summed E-state index contributed by atoms with van der Waals surface area (Å²) in [6.45, 7) is 0. The Bertz CT molecular complexity index is 502. The van der Waals surface area contributed by atoms with Gasteiger partial charge >= 0.3 is 6.18 Å². The van der Waals surface area contributed by atoms with Gasteiger partial charge in [0, 0.05) is 0 Å². The van der Waals surface area contributed by atoms with Crippen molar-refractivity contribution in [2.45, 2.75) is 50.4 Å². The maximum absolute atomic E-state index is 12.9. The van der Waals surface area contributed by atoms with Crippen LogP contribution in [-0.4, -0.2) is 23.2 Å². The average molecular weight is 301 g/mol. The van der Waals surface area contributed by atoms with E-state index in [0.717, 1.165) is 31.4 Å². The second-order valence-electron chi connectivity index (χ2n) is 5.33. The van der Waals surface area contributed by atoms with E-state index in [2.05, 4.69) is 5.32 Å². The first-order valence-electron chi connectivity index (χ1n) is 7.05. The number of benzene rings is 1. The molecule has 1 aromatic rings. The molecule has 1 aromatic carbocycles. The van der Waals surface area contributed by atoms with E-state index < -0.39 is 35.4 Å². The van der Waals surface area contributed by atoms with E-state index in [1.165, 1.54) is 12.1 Å². The molecule has 0 radical (unpaired) electrons. The Labute approximate surface area is 121 Å². The summed E-state index contributed by atoms with van der Waals surface area (Å²) in [6, 6.07) is 4.20. The number of nitrogens with one attached hydrogen (secondary N) is 1. The minimum atomic E-state index is -4.57. The monoisotopic (exact) mass is 301 g/mol. The lowest BCUT2D eigenvalue weighted by Crippen LogP contribution is -2.43. The molecule has 2 atom stereocenters. The van der Waals surface area contributed by atoms with Crippen molar-refractivity contribution < 1.29 is 23.1 Å². The van der Waals surface area contributed by atoms with Crippen molar-refractivity contribution >= 4 is 5.91 Å². The highest BCUT2D eigenvalue weighted by atomic mass is 19.4. The zero-order chi connectivity index (χ0) is 15.5. The highest BCUT2D eigenvalue weighted by molar-refractivity contribution is 5.96. The van der Waals surface area contributed by atoms with Gasteiger partial charge in [0.25, 0.3) is 5.91 Å². The lowest BCUT2D eigenvalue weighted by Gasteiger charge is -2.22. The van der Waals surface area contributed by atoms with E-state index in [4.69, 9.17) is 0 Å². The van der Waals surface area contributed by atoms with E-state index in [-0.39, 0.29) is 0 Å². The molecule has 1 amide bonds. The van der Waals surface area contributed by atoms with Crippen LogP contribution in [0.4, 0.5) is 13.2 Å². The fourth-order valence-electron chi connectivity index (χ4n) is 2.63. The van der Waals surface area contributed by atoms with Crippen molar-refractivity contribution in [2.75, 3.05) is 0 Å². The Hall–Kier alpha value is -1.56. The second-order valence-corrected chi connectivity index (χ2v) is 5.33. The minimum absolute atomic E-state index is 0.401. The normalized spacial score (nSPS) is 23.4. The van der Waals surface area contributed by atoms with Gasteiger partial charge in [0.05, 0.1) is 23.3 Å². The number of amides is 1. The predicted molar refractivity (Wildman–Crippen MR) is 71.8 cm³/mol. The van der Waals surface area contributed by atoms with Crippen molar-refractivity contribution in [3.05, 3.63) is 35.4 Å². The van der Waals surface area contributed by atoms with Gasteiger partial charge in [-0.05, 0) is 25.0 Å². The molecule has 0 heterocycles. The zero-order valence-corrected chi connectivity index (χ0v) is 11.5. The largest absolute Gasteiger partial charge is 0.417 e. The fraction of sp³-hybridized carbons (Fsp3) is 0.533. The van der Waals surface area contributed by atoms with Crippen molar-refractivity contribution in [3.8, 4) is 0 Å². The summed E-state index contributed by atoms with van der Waals surface area (Å²) >= 11 is 0. The molecule has 2 unspecified atom stereocenters. The quantitative estimate of drug-likeness (QED) is 0.825. The topological polar surface area (TPSA) is 49.3 Å². The van der Waals surface area contributed by atoms with Gasteiger partial charge in [-0.1, -0.05) is 31.4 Å². The molecular formula is C15H18F3NO2. The van der Waals surface area contributed by atoms with Crippen LogP contribution in [0.2, 0.25) is 0 Å². The van der Waals surface area contributed by atoms with Crippen molar-refractivity contribution in [3.63, 3.8) is 0 Å². The average Bonchev–Trinajstić information content (AvgIpc) is 2.63. The number of carbonyl (C=O) groups is 1. The molecule has 1 fully saturated rings. The van der Waals surface area contributed by atoms with Crippen molar-refractivity contribution in [1.29, 1.82) is 0 Å². The summed E-state index contributed by atoms with van der Waals surface area (Å²) in [6.07, 6.45) is -1.45. The summed E-state index contributed by atoms with van der Waals surface area (Å²) in [7, 11) is 0. The van der Waals surface area contributed by atoms with E-state index in [0.29, 0.717) is 12.8 Å². The molecular weight excluding hydrogens is 283 g/mol. The summed E-state index contributed by atoms with van der Waals surface area (Å²) < 4.78 is 38.7.